The van der Waals surface area contributed by atoms with E-state index in [1.165, 1.54) is 10.9 Å². The van der Waals surface area contributed by atoms with Crippen LogP contribution >= 0.6 is 0 Å². The maximum atomic E-state index is 4.44. The van der Waals surface area contributed by atoms with E-state index in [9.17, 15) is 0 Å². The van der Waals surface area contributed by atoms with Gasteiger partial charge in [0.2, 0.25) is 0 Å². The van der Waals surface area contributed by atoms with Crippen LogP contribution < -0.4 is 5.32 Å². The molecule has 0 aliphatic carbocycles. The van der Waals surface area contributed by atoms with Crippen molar-refractivity contribution < 1.29 is 0 Å². The van der Waals surface area contributed by atoms with Gasteiger partial charge in [-0.05, 0) is 26.8 Å². The quantitative estimate of drug-likeness (QED) is 0.886. The first-order valence-electron chi connectivity index (χ1n) is 6.31. The van der Waals surface area contributed by atoms with Crippen LogP contribution in [0, 0.1) is 0 Å². The molecule has 0 spiro atoms. The summed E-state index contributed by atoms with van der Waals surface area (Å²) < 4.78 is 0. The molecule has 2 rings (SSSR count). The summed E-state index contributed by atoms with van der Waals surface area (Å²) in [6.07, 6.45) is 6.12. The van der Waals surface area contributed by atoms with Crippen molar-refractivity contribution in [3.63, 3.8) is 0 Å². The molecule has 2 aromatic rings. The lowest BCUT2D eigenvalue weighted by Gasteiger charge is -2.18. The normalized spacial score (nSPS) is 12.4. The molecule has 1 N–H and O–H groups in total. The number of nitrogens with one attached hydrogen (secondary N) is 1. The zero-order chi connectivity index (χ0) is 13.0. The van der Waals surface area contributed by atoms with Crippen molar-refractivity contribution in [2.45, 2.75) is 26.3 Å². The highest BCUT2D eigenvalue weighted by Gasteiger charge is 2.05. The van der Waals surface area contributed by atoms with Gasteiger partial charge < -0.3 is 5.32 Å². The minimum absolute atomic E-state index is 0.154. The second-order valence-corrected chi connectivity index (χ2v) is 5.46. The summed E-state index contributed by atoms with van der Waals surface area (Å²) in [5, 5.41) is 4.62. The number of aromatic nitrogens is 1. The molecule has 0 aliphatic heterocycles. The van der Waals surface area contributed by atoms with E-state index in [0.717, 1.165) is 12.1 Å². The van der Waals surface area contributed by atoms with E-state index in [1.807, 2.05) is 12.3 Å². The minimum Gasteiger partial charge on any atom is -0.309 e. The molecule has 0 saturated carbocycles. The van der Waals surface area contributed by atoms with Crippen LogP contribution in [0.3, 0.4) is 0 Å². The molecule has 0 bridgehead atoms. The Labute approximate surface area is 109 Å². The van der Waals surface area contributed by atoms with Gasteiger partial charge in [0.1, 0.15) is 0 Å². The number of hydrogen-bond acceptors (Lipinski definition) is 2. The average molecular weight is 240 g/mol. The Morgan fingerprint density at radius 1 is 1.17 bits per heavy atom. The van der Waals surface area contributed by atoms with Crippen molar-refractivity contribution in [2.24, 2.45) is 0 Å². The van der Waals surface area contributed by atoms with Gasteiger partial charge in [0, 0.05) is 29.2 Å². The summed E-state index contributed by atoms with van der Waals surface area (Å²) in [5.74, 6) is 0. The molecule has 1 heterocycles. The van der Waals surface area contributed by atoms with Crippen LogP contribution in [0.4, 0.5) is 0 Å². The molecule has 2 heteroatoms. The SMILES string of the molecule is CC(C)(C)NCC=Cc1cccc2cccnc12. The zero-order valence-electron chi connectivity index (χ0n) is 11.3. The van der Waals surface area contributed by atoms with E-state index in [-0.39, 0.29) is 5.54 Å². The third-order valence-electron chi connectivity index (χ3n) is 2.71. The van der Waals surface area contributed by atoms with Crippen molar-refractivity contribution >= 4 is 17.0 Å². The molecule has 0 atom stereocenters. The van der Waals surface area contributed by atoms with Gasteiger partial charge in [-0.15, -0.1) is 0 Å². The van der Waals surface area contributed by atoms with E-state index in [1.54, 1.807) is 0 Å². The molecular formula is C16H20N2. The van der Waals surface area contributed by atoms with E-state index in [0.29, 0.717) is 0 Å². The number of fused-ring (bicyclic) bond motifs is 1. The van der Waals surface area contributed by atoms with Crippen molar-refractivity contribution in [3.8, 4) is 0 Å². The standard InChI is InChI=1S/C16H20N2/c1-16(2,3)18-12-6-10-14-8-4-7-13-9-5-11-17-15(13)14/h4-11,18H,12H2,1-3H3. The zero-order valence-corrected chi connectivity index (χ0v) is 11.3. The monoisotopic (exact) mass is 240 g/mol. The lowest BCUT2D eigenvalue weighted by atomic mass is 10.1. The molecule has 0 unspecified atom stereocenters. The van der Waals surface area contributed by atoms with Gasteiger partial charge in [-0.2, -0.15) is 0 Å². The van der Waals surface area contributed by atoms with Crippen LogP contribution in [0.5, 0.6) is 0 Å². The van der Waals surface area contributed by atoms with Gasteiger partial charge in [0.25, 0.3) is 0 Å². The van der Waals surface area contributed by atoms with Crippen LogP contribution in [-0.4, -0.2) is 17.1 Å². The third kappa shape index (κ3) is 3.41. The highest BCUT2D eigenvalue weighted by atomic mass is 14.9. The van der Waals surface area contributed by atoms with Crippen LogP contribution in [0.25, 0.3) is 17.0 Å². The van der Waals surface area contributed by atoms with E-state index in [4.69, 9.17) is 0 Å². The smallest absolute Gasteiger partial charge is 0.0774 e. The van der Waals surface area contributed by atoms with E-state index in [2.05, 4.69) is 67.5 Å². The van der Waals surface area contributed by atoms with Crippen molar-refractivity contribution in [3.05, 3.63) is 48.2 Å². The molecule has 1 aromatic carbocycles. The first-order valence-corrected chi connectivity index (χ1v) is 6.31. The Kier molecular flexibility index (Phi) is 3.78. The summed E-state index contributed by atoms with van der Waals surface area (Å²) in [5.41, 5.74) is 2.39. The largest absolute Gasteiger partial charge is 0.309 e. The fourth-order valence-electron chi connectivity index (χ4n) is 1.81. The fourth-order valence-corrected chi connectivity index (χ4v) is 1.81. The van der Waals surface area contributed by atoms with Crippen LogP contribution in [-0.2, 0) is 0 Å². The second kappa shape index (κ2) is 5.32. The number of nitrogens with zero attached hydrogens (tertiary/aromatic N) is 1. The van der Waals surface area contributed by atoms with Gasteiger partial charge in [-0.3, -0.25) is 4.98 Å². The van der Waals surface area contributed by atoms with Crippen molar-refractivity contribution in [1.29, 1.82) is 0 Å². The molecule has 0 amide bonds. The van der Waals surface area contributed by atoms with Crippen molar-refractivity contribution in [1.82, 2.24) is 10.3 Å². The Balaban J connectivity index is 2.14. The van der Waals surface area contributed by atoms with Crippen molar-refractivity contribution in [2.75, 3.05) is 6.54 Å². The summed E-state index contributed by atoms with van der Waals surface area (Å²) in [4.78, 5) is 4.44. The van der Waals surface area contributed by atoms with E-state index >= 15 is 0 Å². The van der Waals surface area contributed by atoms with Gasteiger partial charge in [-0.1, -0.05) is 36.4 Å². The molecule has 2 nitrogen and oxygen atoms in total. The molecule has 0 aliphatic rings. The average Bonchev–Trinajstić information content (AvgIpc) is 2.33. The lowest BCUT2D eigenvalue weighted by Crippen LogP contribution is -2.35. The molecular weight excluding hydrogens is 220 g/mol. The maximum Gasteiger partial charge on any atom is 0.0774 e. The third-order valence-corrected chi connectivity index (χ3v) is 2.71. The Morgan fingerprint density at radius 3 is 2.72 bits per heavy atom. The van der Waals surface area contributed by atoms with Gasteiger partial charge in [0.15, 0.2) is 0 Å². The number of benzene rings is 1. The lowest BCUT2D eigenvalue weighted by molar-refractivity contribution is 0.450. The molecule has 1 aromatic heterocycles. The van der Waals surface area contributed by atoms with Gasteiger partial charge in [0.05, 0.1) is 5.52 Å². The highest BCUT2D eigenvalue weighted by molar-refractivity contribution is 5.86. The Bertz CT molecular complexity index is 545. The van der Waals surface area contributed by atoms with Crippen LogP contribution in [0.15, 0.2) is 42.6 Å². The number of hydrogen-bond donors (Lipinski definition) is 1. The predicted molar refractivity (Wildman–Crippen MR) is 78.5 cm³/mol. The van der Waals surface area contributed by atoms with Gasteiger partial charge >= 0.3 is 0 Å². The molecule has 0 saturated heterocycles. The summed E-state index contributed by atoms with van der Waals surface area (Å²) >= 11 is 0. The topological polar surface area (TPSA) is 24.9 Å². The summed E-state index contributed by atoms with van der Waals surface area (Å²) in [7, 11) is 0. The first kappa shape index (κ1) is 12.8. The predicted octanol–water partition coefficient (Wildman–Crippen LogP) is 3.64. The number of rotatable bonds is 3. The highest BCUT2D eigenvalue weighted by Crippen LogP contribution is 2.16. The van der Waals surface area contributed by atoms with E-state index < -0.39 is 0 Å². The summed E-state index contributed by atoms with van der Waals surface area (Å²) in [6, 6.07) is 10.3. The van der Waals surface area contributed by atoms with Gasteiger partial charge in [-0.25, -0.2) is 0 Å². The minimum atomic E-state index is 0.154. The molecule has 0 radical (unpaired) electrons. The second-order valence-electron chi connectivity index (χ2n) is 5.46. The van der Waals surface area contributed by atoms with Crippen LogP contribution in [0.2, 0.25) is 0 Å². The van der Waals surface area contributed by atoms with Crippen LogP contribution in [0.1, 0.15) is 26.3 Å². The molecule has 18 heavy (non-hydrogen) atoms. The maximum absolute atomic E-state index is 4.44. The Hall–Kier alpha value is -1.67. The Morgan fingerprint density at radius 2 is 1.94 bits per heavy atom. The number of para-hydroxylation sites is 1. The molecule has 0 fully saturated rings. The summed E-state index contributed by atoms with van der Waals surface area (Å²) in [6.45, 7) is 7.37. The fraction of sp³-hybridized carbons (Fsp3) is 0.312. The molecule has 94 valence electrons. The number of pyridine rings is 1. The first-order chi connectivity index (χ1) is 8.56.